The van der Waals surface area contributed by atoms with Crippen LogP contribution in [0.5, 0.6) is 0 Å². The molecule has 3 rings (SSSR count). The predicted molar refractivity (Wildman–Crippen MR) is 117 cm³/mol. The molecule has 5 heteroatoms. The van der Waals surface area contributed by atoms with Gasteiger partial charge in [0.05, 0.1) is 10.6 Å². The van der Waals surface area contributed by atoms with Crippen LogP contribution in [0.2, 0.25) is 0 Å². The molecule has 0 saturated heterocycles. The summed E-state index contributed by atoms with van der Waals surface area (Å²) in [6.07, 6.45) is 8.51. The molecule has 2 N–H and O–H groups in total. The molecule has 0 aromatic heterocycles. The van der Waals surface area contributed by atoms with Gasteiger partial charge in [-0.2, -0.15) is 0 Å². The summed E-state index contributed by atoms with van der Waals surface area (Å²) in [5, 5.41) is 5.80. The van der Waals surface area contributed by atoms with Crippen LogP contribution in [0.1, 0.15) is 37.3 Å². The van der Waals surface area contributed by atoms with Gasteiger partial charge in [0.15, 0.2) is 0 Å². The van der Waals surface area contributed by atoms with Crippen LogP contribution in [-0.2, 0) is 9.59 Å². The maximum Gasteiger partial charge on any atom is 0.262 e. The van der Waals surface area contributed by atoms with E-state index in [4.69, 9.17) is 0 Å². The first kappa shape index (κ1) is 20.0. The van der Waals surface area contributed by atoms with E-state index in [0.717, 1.165) is 41.0 Å². The fourth-order valence-corrected chi connectivity index (χ4v) is 3.73. The molecule has 144 valence electrons. The largest absolute Gasteiger partial charge is 0.353 e. The molecule has 0 aliphatic carbocycles. The maximum absolute atomic E-state index is 12.3. The predicted octanol–water partition coefficient (Wildman–Crippen LogP) is 5.09. The van der Waals surface area contributed by atoms with Gasteiger partial charge in [-0.25, -0.2) is 0 Å². The van der Waals surface area contributed by atoms with E-state index in [1.165, 1.54) is 11.8 Å². The molecule has 0 atom stereocenters. The topological polar surface area (TPSA) is 58.2 Å². The zero-order valence-corrected chi connectivity index (χ0v) is 16.7. The summed E-state index contributed by atoms with van der Waals surface area (Å²) in [6.45, 7) is 2.85. The molecule has 4 nitrogen and oxygen atoms in total. The third-order valence-corrected chi connectivity index (χ3v) is 5.42. The van der Waals surface area contributed by atoms with Crippen LogP contribution in [0.15, 0.2) is 64.4 Å². The lowest BCUT2D eigenvalue weighted by molar-refractivity contribution is -0.116. The van der Waals surface area contributed by atoms with Gasteiger partial charge in [0.2, 0.25) is 5.91 Å². The van der Waals surface area contributed by atoms with E-state index in [0.29, 0.717) is 11.4 Å². The van der Waals surface area contributed by atoms with E-state index in [1.807, 2.05) is 54.6 Å². The Morgan fingerprint density at radius 1 is 1.07 bits per heavy atom. The SMILES string of the molecule is CCCCCNC(=O)/C=C/c1ccc(/C=C2\Sc3ccccc3NC2=O)cc1. The first-order chi connectivity index (χ1) is 13.7. The van der Waals surface area contributed by atoms with E-state index in [9.17, 15) is 9.59 Å². The molecular formula is C23H24N2O2S. The number of unbranched alkanes of at least 4 members (excludes halogenated alkanes) is 2. The minimum Gasteiger partial charge on any atom is -0.353 e. The van der Waals surface area contributed by atoms with Gasteiger partial charge in [-0.15, -0.1) is 0 Å². The van der Waals surface area contributed by atoms with E-state index >= 15 is 0 Å². The van der Waals surface area contributed by atoms with Gasteiger partial charge in [-0.1, -0.05) is 67.9 Å². The van der Waals surface area contributed by atoms with Gasteiger partial charge in [0.1, 0.15) is 0 Å². The Morgan fingerprint density at radius 3 is 2.61 bits per heavy atom. The lowest BCUT2D eigenvalue weighted by atomic mass is 10.1. The van der Waals surface area contributed by atoms with Crippen molar-refractivity contribution in [1.29, 1.82) is 0 Å². The van der Waals surface area contributed by atoms with Crippen LogP contribution < -0.4 is 10.6 Å². The highest BCUT2D eigenvalue weighted by Gasteiger charge is 2.20. The maximum atomic E-state index is 12.3. The van der Waals surface area contributed by atoms with Crippen molar-refractivity contribution in [3.05, 3.63) is 70.6 Å². The van der Waals surface area contributed by atoms with Crippen molar-refractivity contribution in [3.63, 3.8) is 0 Å². The Labute approximate surface area is 170 Å². The van der Waals surface area contributed by atoms with Gasteiger partial charge >= 0.3 is 0 Å². The Kier molecular flexibility index (Phi) is 7.09. The van der Waals surface area contributed by atoms with Crippen LogP contribution in [-0.4, -0.2) is 18.4 Å². The summed E-state index contributed by atoms with van der Waals surface area (Å²) >= 11 is 1.47. The average molecular weight is 393 g/mol. The molecule has 2 aromatic carbocycles. The summed E-state index contributed by atoms with van der Waals surface area (Å²) < 4.78 is 0. The van der Waals surface area contributed by atoms with Crippen LogP contribution in [0, 0.1) is 0 Å². The average Bonchev–Trinajstić information content (AvgIpc) is 2.71. The zero-order valence-electron chi connectivity index (χ0n) is 15.9. The fraction of sp³-hybridized carbons (Fsp3) is 0.217. The second-order valence-corrected chi connectivity index (χ2v) is 7.64. The molecule has 0 unspecified atom stereocenters. The van der Waals surface area contributed by atoms with Crippen molar-refractivity contribution in [3.8, 4) is 0 Å². The Balaban J connectivity index is 1.60. The monoisotopic (exact) mass is 392 g/mol. The molecule has 1 aliphatic rings. The quantitative estimate of drug-likeness (QED) is 0.510. The lowest BCUT2D eigenvalue weighted by Crippen LogP contribution is -2.21. The highest BCUT2D eigenvalue weighted by molar-refractivity contribution is 8.04. The van der Waals surface area contributed by atoms with E-state index in [2.05, 4.69) is 17.6 Å². The summed E-state index contributed by atoms with van der Waals surface area (Å²) in [4.78, 5) is 25.8. The summed E-state index contributed by atoms with van der Waals surface area (Å²) in [5.41, 5.74) is 2.73. The number of para-hydroxylation sites is 1. The summed E-state index contributed by atoms with van der Waals surface area (Å²) in [5.74, 6) is -0.163. The van der Waals surface area contributed by atoms with Crippen molar-refractivity contribution >= 4 is 41.4 Å². The Hall–Kier alpha value is -2.79. The molecule has 0 fully saturated rings. The molecule has 2 amide bonds. The molecule has 0 radical (unpaired) electrons. The second-order valence-electron chi connectivity index (χ2n) is 6.56. The van der Waals surface area contributed by atoms with Crippen molar-refractivity contribution in [2.24, 2.45) is 0 Å². The van der Waals surface area contributed by atoms with Crippen molar-refractivity contribution in [1.82, 2.24) is 5.32 Å². The number of carbonyl (C=O) groups is 2. The molecule has 1 aliphatic heterocycles. The lowest BCUT2D eigenvalue weighted by Gasteiger charge is -2.18. The third-order valence-electron chi connectivity index (χ3n) is 4.32. The number of carbonyl (C=O) groups excluding carboxylic acids is 2. The van der Waals surface area contributed by atoms with Gasteiger partial charge in [-0.05, 0) is 41.8 Å². The number of rotatable bonds is 7. The number of anilines is 1. The number of hydrogen-bond acceptors (Lipinski definition) is 3. The fourth-order valence-electron chi connectivity index (χ4n) is 2.77. The highest BCUT2D eigenvalue weighted by Crippen LogP contribution is 2.38. The van der Waals surface area contributed by atoms with E-state index < -0.39 is 0 Å². The highest BCUT2D eigenvalue weighted by atomic mass is 32.2. The Bertz CT molecular complexity index is 901. The van der Waals surface area contributed by atoms with Crippen molar-refractivity contribution in [2.45, 2.75) is 31.1 Å². The van der Waals surface area contributed by atoms with Crippen molar-refractivity contribution in [2.75, 3.05) is 11.9 Å². The molecule has 0 spiro atoms. The van der Waals surface area contributed by atoms with Crippen LogP contribution in [0.3, 0.4) is 0 Å². The normalized spacial score (nSPS) is 14.8. The van der Waals surface area contributed by atoms with Crippen LogP contribution >= 0.6 is 11.8 Å². The smallest absolute Gasteiger partial charge is 0.262 e. The van der Waals surface area contributed by atoms with E-state index in [-0.39, 0.29) is 11.8 Å². The number of fused-ring (bicyclic) bond motifs is 1. The molecule has 1 heterocycles. The molecule has 0 bridgehead atoms. The minimum atomic E-state index is -0.0904. The first-order valence-electron chi connectivity index (χ1n) is 9.51. The number of benzene rings is 2. The van der Waals surface area contributed by atoms with Gasteiger partial charge in [0, 0.05) is 17.5 Å². The van der Waals surface area contributed by atoms with Gasteiger partial charge < -0.3 is 10.6 Å². The van der Waals surface area contributed by atoms with Gasteiger partial charge in [0.25, 0.3) is 5.91 Å². The number of hydrogen-bond donors (Lipinski definition) is 2. The standard InChI is InChI=1S/C23H24N2O2S/c1-2-3-6-15-24-22(26)14-13-17-9-11-18(12-10-17)16-21-23(27)25-19-7-4-5-8-20(19)28-21/h4-5,7-14,16H,2-3,6,15H2,1H3,(H,24,26)(H,25,27)/b14-13+,21-16-. The van der Waals surface area contributed by atoms with Gasteiger partial charge in [-0.3, -0.25) is 9.59 Å². The van der Waals surface area contributed by atoms with Crippen LogP contribution in [0.4, 0.5) is 5.69 Å². The molecule has 0 saturated carbocycles. The second kappa shape index (κ2) is 9.95. The zero-order chi connectivity index (χ0) is 19.8. The number of amides is 2. The first-order valence-corrected chi connectivity index (χ1v) is 10.3. The third kappa shape index (κ3) is 5.60. The molecular weight excluding hydrogens is 368 g/mol. The number of nitrogens with one attached hydrogen (secondary N) is 2. The molecule has 2 aromatic rings. The van der Waals surface area contributed by atoms with Crippen LogP contribution in [0.25, 0.3) is 12.2 Å². The van der Waals surface area contributed by atoms with E-state index in [1.54, 1.807) is 12.2 Å². The van der Waals surface area contributed by atoms with Crippen molar-refractivity contribution < 1.29 is 9.59 Å². The summed E-state index contributed by atoms with van der Waals surface area (Å²) in [6, 6.07) is 15.5. The Morgan fingerprint density at radius 2 is 1.82 bits per heavy atom. The number of thioether (sulfide) groups is 1. The minimum absolute atomic E-state index is 0.0729. The summed E-state index contributed by atoms with van der Waals surface area (Å²) in [7, 11) is 0. The molecule has 28 heavy (non-hydrogen) atoms.